The van der Waals surface area contributed by atoms with Gasteiger partial charge in [-0.3, -0.25) is 15.0 Å². The summed E-state index contributed by atoms with van der Waals surface area (Å²) < 4.78 is 0. The number of anilines is 2. The van der Waals surface area contributed by atoms with Crippen LogP contribution >= 0.6 is 11.3 Å². The fraction of sp³-hybridized carbons (Fsp3) is 0.214. The predicted octanol–water partition coefficient (Wildman–Crippen LogP) is 2.75. The van der Waals surface area contributed by atoms with E-state index in [1.807, 2.05) is 0 Å². The summed E-state index contributed by atoms with van der Waals surface area (Å²) in [7, 11) is 0. The second kappa shape index (κ2) is 5.53. The molecule has 2 N–H and O–H groups in total. The summed E-state index contributed by atoms with van der Waals surface area (Å²) in [5.41, 5.74) is 1.32. The summed E-state index contributed by atoms with van der Waals surface area (Å²) in [5.74, 6) is -1.42. The fourth-order valence-electron chi connectivity index (χ4n) is 2.47. The van der Waals surface area contributed by atoms with Crippen molar-refractivity contribution in [2.24, 2.45) is 0 Å². The lowest BCUT2D eigenvalue weighted by molar-refractivity contribution is -0.139. The summed E-state index contributed by atoms with van der Waals surface area (Å²) >= 11 is 1.34. The van der Waals surface area contributed by atoms with Crippen LogP contribution in [0.1, 0.15) is 17.9 Å². The third kappa shape index (κ3) is 2.59. The first-order valence-electron chi connectivity index (χ1n) is 6.46. The van der Waals surface area contributed by atoms with Crippen LogP contribution in [0.25, 0.3) is 0 Å². The van der Waals surface area contributed by atoms with Gasteiger partial charge in [-0.25, -0.2) is 9.78 Å². The Kier molecular flexibility index (Phi) is 3.57. The lowest BCUT2D eigenvalue weighted by atomic mass is 9.90. The first-order valence-corrected chi connectivity index (χ1v) is 7.34. The number of thiazole rings is 1. The number of nitrogens with one attached hydrogen (secondary N) is 1. The van der Waals surface area contributed by atoms with Crippen LogP contribution in [0.2, 0.25) is 0 Å². The van der Waals surface area contributed by atoms with Gasteiger partial charge in [0.05, 0.1) is 5.92 Å². The third-order valence-electron chi connectivity index (χ3n) is 3.43. The summed E-state index contributed by atoms with van der Waals surface area (Å²) in [6, 6.07) is 6.83. The number of hydrogen-bond acceptors (Lipinski definition) is 4. The molecule has 0 saturated heterocycles. The zero-order valence-corrected chi connectivity index (χ0v) is 11.8. The number of amides is 2. The van der Waals surface area contributed by atoms with Gasteiger partial charge in [-0.1, -0.05) is 18.2 Å². The van der Waals surface area contributed by atoms with E-state index in [1.54, 1.807) is 40.7 Å². The molecule has 1 aliphatic rings. The van der Waals surface area contributed by atoms with Crippen molar-refractivity contribution in [2.45, 2.75) is 12.3 Å². The molecule has 0 spiro atoms. The predicted molar refractivity (Wildman–Crippen MR) is 79.9 cm³/mol. The Hall–Kier alpha value is -2.41. The van der Waals surface area contributed by atoms with Crippen molar-refractivity contribution in [3.05, 3.63) is 41.4 Å². The number of urea groups is 1. The Labute approximate surface area is 125 Å². The van der Waals surface area contributed by atoms with E-state index >= 15 is 0 Å². The van der Waals surface area contributed by atoms with Crippen LogP contribution < -0.4 is 10.2 Å². The number of rotatable bonds is 2. The maximum absolute atomic E-state index is 12.3. The number of carboxylic acid groups (broad SMARTS) is 1. The molecule has 0 bridgehead atoms. The highest BCUT2D eigenvalue weighted by Gasteiger charge is 2.32. The zero-order chi connectivity index (χ0) is 14.8. The molecule has 1 aliphatic heterocycles. The van der Waals surface area contributed by atoms with E-state index in [0.717, 1.165) is 0 Å². The van der Waals surface area contributed by atoms with Crippen molar-refractivity contribution in [3.8, 4) is 0 Å². The largest absolute Gasteiger partial charge is 0.481 e. The molecule has 1 aromatic heterocycles. The van der Waals surface area contributed by atoms with Gasteiger partial charge in [0, 0.05) is 23.8 Å². The quantitative estimate of drug-likeness (QED) is 0.893. The Bertz CT molecular complexity index is 672. The van der Waals surface area contributed by atoms with Gasteiger partial charge in [0.25, 0.3) is 0 Å². The van der Waals surface area contributed by atoms with Crippen molar-refractivity contribution in [1.82, 2.24) is 4.98 Å². The van der Waals surface area contributed by atoms with Gasteiger partial charge in [0.2, 0.25) is 0 Å². The number of aliphatic carboxylic acids is 1. The average molecular weight is 303 g/mol. The van der Waals surface area contributed by atoms with Crippen molar-refractivity contribution in [3.63, 3.8) is 0 Å². The molecular weight excluding hydrogens is 290 g/mol. The van der Waals surface area contributed by atoms with Crippen LogP contribution in [0.4, 0.5) is 15.6 Å². The minimum Gasteiger partial charge on any atom is -0.481 e. The molecule has 0 radical (unpaired) electrons. The molecule has 2 amide bonds. The second-order valence-corrected chi connectivity index (χ2v) is 5.55. The number of fused-ring (bicyclic) bond motifs is 1. The van der Waals surface area contributed by atoms with Gasteiger partial charge < -0.3 is 5.11 Å². The van der Waals surface area contributed by atoms with E-state index < -0.39 is 11.9 Å². The number of benzene rings is 1. The molecule has 3 rings (SSSR count). The van der Waals surface area contributed by atoms with Crippen LogP contribution in [0, 0.1) is 0 Å². The first kappa shape index (κ1) is 13.6. The molecule has 2 heterocycles. The van der Waals surface area contributed by atoms with Crippen molar-refractivity contribution < 1.29 is 14.7 Å². The van der Waals surface area contributed by atoms with E-state index in [-0.39, 0.29) is 6.03 Å². The van der Waals surface area contributed by atoms with Crippen LogP contribution in [-0.4, -0.2) is 28.6 Å². The van der Waals surface area contributed by atoms with Crippen LogP contribution in [-0.2, 0) is 4.79 Å². The molecule has 1 unspecified atom stereocenters. The lowest BCUT2D eigenvalue weighted by Crippen LogP contribution is -2.40. The van der Waals surface area contributed by atoms with Gasteiger partial charge in [-0.15, -0.1) is 11.3 Å². The number of carboxylic acids is 1. The minimum atomic E-state index is -0.859. The monoisotopic (exact) mass is 303 g/mol. The molecule has 108 valence electrons. The SMILES string of the molecule is O=C(O)C1CCN(C(=O)Nc2nccs2)c2ccccc21. The Morgan fingerprint density at radius 1 is 1.38 bits per heavy atom. The number of aromatic nitrogens is 1. The average Bonchev–Trinajstić information content (AvgIpc) is 2.98. The minimum absolute atomic E-state index is 0.291. The number of nitrogens with zero attached hydrogens (tertiary/aromatic N) is 2. The summed E-state index contributed by atoms with van der Waals surface area (Å²) in [6.45, 7) is 0.366. The number of para-hydroxylation sites is 1. The van der Waals surface area contributed by atoms with E-state index in [4.69, 9.17) is 0 Å². The van der Waals surface area contributed by atoms with Gasteiger partial charge in [-0.05, 0) is 18.1 Å². The van der Waals surface area contributed by atoms with Crippen LogP contribution in [0.3, 0.4) is 0 Å². The van der Waals surface area contributed by atoms with Gasteiger partial charge >= 0.3 is 12.0 Å². The van der Waals surface area contributed by atoms with Crippen LogP contribution in [0.15, 0.2) is 35.8 Å². The highest BCUT2D eigenvalue weighted by Crippen LogP contribution is 2.35. The lowest BCUT2D eigenvalue weighted by Gasteiger charge is -2.32. The Morgan fingerprint density at radius 2 is 2.19 bits per heavy atom. The number of carbonyl (C=O) groups excluding carboxylic acids is 1. The first-order chi connectivity index (χ1) is 10.2. The molecular formula is C14H13N3O3S. The molecule has 1 aromatic carbocycles. The Balaban J connectivity index is 1.89. The molecule has 7 heteroatoms. The molecule has 2 aromatic rings. The van der Waals surface area contributed by atoms with Crippen LogP contribution in [0.5, 0.6) is 0 Å². The topological polar surface area (TPSA) is 82.5 Å². The van der Waals surface area contributed by atoms with Crippen molar-refractivity contribution in [1.29, 1.82) is 0 Å². The van der Waals surface area contributed by atoms with E-state index in [0.29, 0.717) is 29.3 Å². The molecule has 6 nitrogen and oxygen atoms in total. The fourth-order valence-corrected chi connectivity index (χ4v) is 2.99. The highest BCUT2D eigenvalue weighted by atomic mass is 32.1. The maximum Gasteiger partial charge on any atom is 0.328 e. The zero-order valence-electron chi connectivity index (χ0n) is 11.0. The van der Waals surface area contributed by atoms with Crippen molar-refractivity contribution in [2.75, 3.05) is 16.8 Å². The summed E-state index contributed by atoms with van der Waals surface area (Å²) in [5, 5.41) is 14.3. The van der Waals surface area contributed by atoms with E-state index in [2.05, 4.69) is 10.3 Å². The van der Waals surface area contributed by atoms with E-state index in [1.165, 1.54) is 11.3 Å². The third-order valence-corrected chi connectivity index (χ3v) is 4.12. The molecule has 0 aliphatic carbocycles. The number of carbonyl (C=O) groups is 2. The summed E-state index contributed by atoms with van der Waals surface area (Å²) in [4.78, 5) is 29.2. The maximum atomic E-state index is 12.3. The Morgan fingerprint density at radius 3 is 2.90 bits per heavy atom. The summed E-state index contributed by atoms with van der Waals surface area (Å²) in [6.07, 6.45) is 2.02. The van der Waals surface area contributed by atoms with Crippen molar-refractivity contribution >= 4 is 34.2 Å². The van der Waals surface area contributed by atoms with Gasteiger partial charge in [0.15, 0.2) is 5.13 Å². The standard InChI is InChI=1S/C14H13N3O3S/c18-12(19)10-5-7-17(11-4-2-1-3-9(10)11)14(20)16-13-15-6-8-21-13/h1-4,6,8,10H,5,7H2,(H,18,19)(H,15,16,20). The number of hydrogen-bond donors (Lipinski definition) is 2. The van der Waals surface area contributed by atoms with Gasteiger partial charge in [0.1, 0.15) is 0 Å². The van der Waals surface area contributed by atoms with E-state index in [9.17, 15) is 14.7 Å². The second-order valence-electron chi connectivity index (χ2n) is 4.66. The normalized spacial score (nSPS) is 17.1. The molecule has 1 atom stereocenters. The smallest absolute Gasteiger partial charge is 0.328 e. The highest BCUT2D eigenvalue weighted by molar-refractivity contribution is 7.13. The molecule has 21 heavy (non-hydrogen) atoms. The molecule has 0 saturated carbocycles. The van der Waals surface area contributed by atoms with Gasteiger partial charge in [-0.2, -0.15) is 0 Å². The molecule has 0 fully saturated rings.